The minimum Gasteiger partial charge on any atom is -0.326 e. The highest BCUT2D eigenvalue weighted by Gasteiger charge is 2.35. The maximum atomic E-state index is 12.4. The molecule has 2 rings (SSSR count). The van der Waals surface area contributed by atoms with Gasteiger partial charge in [-0.3, -0.25) is 0 Å². The number of nitrogens with two attached hydrogens (primary N) is 1. The summed E-state index contributed by atoms with van der Waals surface area (Å²) >= 11 is 0. The maximum Gasteiger partial charge on any atom is 0.243 e. The summed E-state index contributed by atoms with van der Waals surface area (Å²) in [7, 11) is -3.53. The van der Waals surface area contributed by atoms with Gasteiger partial charge in [0.15, 0.2) is 0 Å². The van der Waals surface area contributed by atoms with E-state index in [0.29, 0.717) is 18.7 Å². The second-order valence-corrected chi connectivity index (χ2v) is 6.54. The molecule has 18 heavy (non-hydrogen) atoms. The Morgan fingerprint density at radius 3 is 2.72 bits per heavy atom. The smallest absolute Gasteiger partial charge is 0.243 e. The molecule has 0 saturated carbocycles. The number of nitrogens with zero attached hydrogens (tertiary/aromatic N) is 2. The number of rotatable bonds is 2. The molecular formula is C12H15N3O2S. The molecule has 0 aliphatic carbocycles. The molecule has 2 unspecified atom stereocenters. The van der Waals surface area contributed by atoms with E-state index < -0.39 is 10.0 Å². The molecular weight excluding hydrogens is 250 g/mol. The fraction of sp³-hybridized carbons (Fsp3) is 0.417. The Bertz CT molecular complexity index is 582. The predicted molar refractivity (Wildman–Crippen MR) is 67.1 cm³/mol. The van der Waals surface area contributed by atoms with Crippen LogP contribution in [0.1, 0.15) is 12.5 Å². The molecule has 1 fully saturated rings. The Hall–Kier alpha value is -1.42. The lowest BCUT2D eigenvalue weighted by Crippen LogP contribution is -2.32. The van der Waals surface area contributed by atoms with E-state index in [1.807, 2.05) is 13.0 Å². The molecule has 1 aliphatic heterocycles. The van der Waals surface area contributed by atoms with Crippen LogP contribution in [0.15, 0.2) is 29.2 Å². The molecule has 0 radical (unpaired) electrons. The van der Waals surface area contributed by atoms with Gasteiger partial charge in [0.25, 0.3) is 0 Å². The zero-order valence-electron chi connectivity index (χ0n) is 10.1. The van der Waals surface area contributed by atoms with Crippen molar-refractivity contribution in [3.63, 3.8) is 0 Å². The minimum absolute atomic E-state index is 0.126. The maximum absolute atomic E-state index is 12.4. The van der Waals surface area contributed by atoms with E-state index in [2.05, 4.69) is 0 Å². The van der Waals surface area contributed by atoms with Crippen LogP contribution in [0.3, 0.4) is 0 Å². The van der Waals surface area contributed by atoms with Crippen LogP contribution >= 0.6 is 0 Å². The molecule has 0 bridgehead atoms. The summed E-state index contributed by atoms with van der Waals surface area (Å²) in [5.74, 6) is 0.152. The predicted octanol–water partition coefficient (Wildman–Crippen LogP) is 0.526. The van der Waals surface area contributed by atoms with Crippen LogP contribution in [-0.4, -0.2) is 31.9 Å². The van der Waals surface area contributed by atoms with Crippen LogP contribution in [0.4, 0.5) is 0 Å². The average Bonchev–Trinajstić information content (AvgIpc) is 2.70. The molecule has 5 nitrogen and oxygen atoms in total. The summed E-state index contributed by atoms with van der Waals surface area (Å²) in [4.78, 5) is 0.155. The van der Waals surface area contributed by atoms with Crippen molar-refractivity contribution in [1.82, 2.24) is 4.31 Å². The van der Waals surface area contributed by atoms with E-state index in [1.54, 1.807) is 12.1 Å². The van der Waals surface area contributed by atoms with Crippen molar-refractivity contribution in [2.24, 2.45) is 11.7 Å². The van der Waals surface area contributed by atoms with Crippen molar-refractivity contribution in [3.05, 3.63) is 29.8 Å². The van der Waals surface area contributed by atoms with Crippen LogP contribution in [0.25, 0.3) is 0 Å². The first-order valence-corrected chi connectivity index (χ1v) is 7.15. The first-order valence-electron chi connectivity index (χ1n) is 5.71. The van der Waals surface area contributed by atoms with E-state index in [-0.39, 0.29) is 16.9 Å². The van der Waals surface area contributed by atoms with Crippen LogP contribution < -0.4 is 5.73 Å². The molecule has 2 atom stereocenters. The van der Waals surface area contributed by atoms with Crippen LogP contribution in [0.2, 0.25) is 0 Å². The summed E-state index contributed by atoms with van der Waals surface area (Å²) < 4.78 is 26.1. The van der Waals surface area contributed by atoms with Gasteiger partial charge in [0.2, 0.25) is 10.0 Å². The van der Waals surface area contributed by atoms with Gasteiger partial charge in [-0.2, -0.15) is 9.57 Å². The van der Waals surface area contributed by atoms with Gasteiger partial charge in [-0.05, 0) is 24.1 Å². The quantitative estimate of drug-likeness (QED) is 0.844. The third-order valence-electron chi connectivity index (χ3n) is 3.24. The molecule has 96 valence electrons. The molecule has 1 aromatic carbocycles. The SMILES string of the molecule is CC1CN(S(=O)(=O)c2cccc(C#N)c2)CC1N. The normalized spacial score (nSPS) is 24.9. The van der Waals surface area contributed by atoms with E-state index in [4.69, 9.17) is 11.0 Å². The third-order valence-corrected chi connectivity index (χ3v) is 5.07. The summed E-state index contributed by atoms with van der Waals surface area (Å²) in [6, 6.07) is 7.87. The van der Waals surface area contributed by atoms with Gasteiger partial charge in [-0.15, -0.1) is 0 Å². The number of sulfonamides is 1. The van der Waals surface area contributed by atoms with Crippen molar-refractivity contribution in [1.29, 1.82) is 5.26 Å². The summed E-state index contributed by atoms with van der Waals surface area (Å²) in [6.45, 7) is 2.70. The summed E-state index contributed by atoms with van der Waals surface area (Å²) in [6.07, 6.45) is 0. The zero-order chi connectivity index (χ0) is 13.3. The second-order valence-electron chi connectivity index (χ2n) is 4.60. The molecule has 0 amide bonds. The van der Waals surface area contributed by atoms with E-state index >= 15 is 0 Å². The Morgan fingerprint density at radius 2 is 2.17 bits per heavy atom. The highest BCUT2D eigenvalue weighted by molar-refractivity contribution is 7.89. The molecule has 1 aromatic rings. The molecule has 1 aliphatic rings. The van der Waals surface area contributed by atoms with Crippen molar-refractivity contribution < 1.29 is 8.42 Å². The lowest BCUT2D eigenvalue weighted by atomic mass is 10.1. The molecule has 1 saturated heterocycles. The van der Waals surface area contributed by atoms with Gasteiger partial charge in [0.1, 0.15) is 0 Å². The van der Waals surface area contributed by atoms with Crippen LogP contribution in [0.5, 0.6) is 0 Å². The lowest BCUT2D eigenvalue weighted by Gasteiger charge is -2.16. The van der Waals surface area contributed by atoms with E-state index in [9.17, 15) is 8.42 Å². The standard InChI is InChI=1S/C12H15N3O2S/c1-9-7-15(8-12(9)14)18(16,17)11-4-2-3-10(5-11)6-13/h2-5,9,12H,7-8,14H2,1H3. The molecule has 1 heterocycles. The summed E-state index contributed by atoms with van der Waals surface area (Å²) in [5.41, 5.74) is 6.18. The van der Waals surface area contributed by atoms with Crippen LogP contribution in [0, 0.1) is 17.2 Å². The highest BCUT2D eigenvalue weighted by atomic mass is 32.2. The second kappa shape index (κ2) is 4.69. The molecule has 6 heteroatoms. The van der Waals surface area contributed by atoms with Gasteiger partial charge >= 0.3 is 0 Å². The van der Waals surface area contributed by atoms with Gasteiger partial charge in [-0.1, -0.05) is 13.0 Å². The van der Waals surface area contributed by atoms with Gasteiger partial charge < -0.3 is 5.73 Å². The monoisotopic (exact) mass is 265 g/mol. The Labute approximate surface area is 107 Å². The number of hydrogen-bond acceptors (Lipinski definition) is 4. The highest BCUT2D eigenvalue weighted by Crippen LogP contribution is 2.23. The average molecular weight is 265 g/mol. The minimum atomic E-state index is -3.53. The Morgan fingerprint density at radius 1 is 1.44 bits per heavy atom. The topological polar surface area (TPSA) is 87.2 Å². The van der Waals surface area contributed by atoms with Crippen molar-refractivity contribution in [2.45, 2.75) is 17.9 Å². The fourth-order valence-corrected chi connectivity index (χ4v) is 3.64. The third kappa shape index (κ3) is 2.25. The fourth-order valence-electron chi connectivity index (χ4n) is 2.02. The van der Waals surface area contributed by atoms with Crippen molar-refractivity contribution in [3.8, 4) is 6.07 Å². The van der Waals surface area contributed by atoms with Crippen LogP contribution in [-0.2, 0) is 10.0 Å². The first kappa shape index (κ1) is 13.0. The summed E-state index contributed by atoms with van der Waals surface area (Å²) in [5, 5.41) is 8.80. The van der Waals surface area contributed by atoms with Gasteiger partial charge in [0.05, 0.1) is 16.5 Å². The largest absolute Gasteiger partial charge is 0.326 e. The zero-order valence-corrected chi connectivity index (χ0v) is 10.9. The molecule has 0 spiro atoms. The lowest BCUT2D eigenvalue weighted by molar-refractivity contribution is 0.464. The number of hydrogen-bond donors (Lipinski definition) is 1. The number of nitriles is 1. The van der Waals surface area contributed by atoms with E-state index in [0.717, 1.165) is 0 Å². The van der Waals surface area contributed by atoms with E-state index in [1.165, 1.54) is 16.4 Å². The van der Waals surface area contributed by atoms with Crippen molar-refractivity contribution >= 4 is 10.0 Å². The molecule has 2 N–H and O–H groups in total. The molecule has 0 aromatic heterocycles. The Balaban J connectivity index is 2.35. The van der Waals surface area contributed by atoms with Crippen molar-refractivity contribution in [2.75, 3.05) is 13.1 Å². The first-order chi connectivity index (χ1) is 8.45. The number of benzene rings is 1. The Kier molecular flexibility index (Phi) is 3.39. The van der Waals surface area contributed by atoms with Gasteiger partial charge in [0, 0.05) is 19.1 Å². The van der Waals surface area contributed by atoms with Gasteiger partial charge in [-0.25, -0.2) is 8.42 Å².